The van der Waals surface area contributed by atoms with Crippen molar-refractivity contribution < 1.29 is 4.74 Å². The highest BCUT2D eigenvalue weighted by Gasteiger charge is 2.21. The van der Waals surface area contributed by atoms with E-state index in [9.17, 15) is 0 Å². The Morgan fingerprint density at radius 2 is 2.05 bits per heavy atom. The maximum absolute atomic E-state index is 5.61. The van der Waals surface area contributed by atoms with Crippen LogP contribution in [0.2, 0.25) is 0 Å². The molecule has 1 aliphatic heterocycles. The average molecular weight is 260 g/mol. The number of benzene rings is 1. The largest absolute Gasteiger partial charge is 0.376 e. The molecule has 0 spiro atoms. The summed E-state index contributed by atoms with van der Waals surface area (Å²) in [6.07, 6.45) is 3.07. The van der Waals surface area contributed by atoms with E-state index in [0.29, 0.717) is 6.10 Å². The van der Waals surface area contributed by atoms with Crippen LogP contribution in [0.5, 0.6) is 0 Å². The first-order valence-corrected chi connectivity index (χ1v) is 7.45. The minimum absolute atomic E-state index is 0.366. The topological polar surface area (TPSA) is 24.5 Å². The second-order valence-electron chi connectivity index (χ2n) is 5.84. The molecule has 1 aromatic carbocycles. The number of hydrogen-bond donors (Lipinski definition) is 1. The molecule has 1 saturated heterocycles. The second-order valence-corrected chi connectivity index (χ2v) is 5.84. The fourth-order valence-corrected chi connectivity index (χ4v) is 2.70. The van der Waals surface area contributed by atoms with Gasteiger partial charge in [-0.3, -0.25) is 4.90 Å². The Labute approximate surface area is 115 Å². The van der Waals surface area contributed by atoms with Crippen LogP contribution in [0.3, 0.4) is 0 Å². The van der Waals surface area contributed by atoms with Gasteiger partial charge in [0, 0.05) is 32.2 Å². The van der Waals surface area contributed by atoms with Gasteiger partial charge in [-0.2, -0.15) is 0 Å². The Hall–Kier alpha value is -0.900. The van der Waals surface area contributed by atoms with Gasteiger partial charge in [-0.15, -0.1) is 0 Å². The third kappa shape index (κ3) is 3.78. The van der Waals surface area contributed by atoms with Gasteiger partial charge in [0.1, 0.15) is 0 Å². The van der Waals surface area contributed by atoms with Crippen molar-refractivity contribution in [3.8, 4) is 0 Å². The van der Waals surface area contributed by atoms with E-state index in [1.54, 1.807) is 0 Å². The molecule has 0 bridgehead atoms. The van der Waals surface area contributed by atoms with Crippen molar-refractivity contribution in [1.82, 2.24) is 10.2 Å². The lowest BCUT2D eigenvalue weighted by molar-refractivity contribution is -0.0212. The molecule has 3 rings (SSSR count). The Balaban J connectivity index is 1.61. The summed E-state index contributed by atoms with van der Waals surface area (Å²) in [6, 6.07) is 9.60. The first-order chi connectivity index (χ1) is 9.31. The molecule has 1 aromatic rings. The zero-order chi connectivity index (χ0) is 13.1. The fraction of sp³-hybridized carbons (Fsp3) is 0.625. The predicted molar refractivity (Wildman–Crippen MR) is 77.0 cm³/mol. The van der Waals surface area contributed by atoms with Gasteiger partial charge < -0.3 is 10.1 Å². The van der Waals surface area contributed by atoms with Crippen LogP contribution in [0.4, 0.5) is 0 Å². The van der Waals surface area contributed by atoms with Crippen molar-refractivity contribution in [3.63, 3.8) is 0 Å². The molecule has 0 aromatic heterocycles. The van der Waals surface area contributed by atoms with E-state index in [1.165, 1.54) is 24.0 Å². The molecule has 1 atom stereocenters. The summed E-state index contributed by atoms with van der Waals surface area (Å²) in [4.78, 5) is 2.50. The Morgan fingerprint density at radius 1 is 1.26 bits per heavy atom. The van der Waals surface area contributed by atoms with Crippen LogP contribution < -0.4 is 5.32 Å². The number of nitrogens with one attached hydrogen (secondary N) is 1. The summed E-state index contributed by atoms with van der Waals surface area (Å²) >= 11 is 0. The molecule has 2 fully saturated rings. The molecule has 1 saturated carbocycles. The molecule has 0 radical (unpaired) electrons. The first kappa shape index (κ1) is 13.1. The molecule has 3 heteroatoms. The lowest BCUT2D eigenvalue weighted by Crippen LogP contribution is -2.40. The van der Waals surface area contributed by atoms with E-state index in [4.69, 9.17) is 4.74 Å². The van der Waals surface area contributed by atoms with Crippen LogP contribution in [-0.4, -0.2) is 36.7 Å². The molecular formula is C16H24N2O. The predicted octanol–water partition coefficient (Wildman–Crippen LogP) is 2.16. The Kier molecular flexibility index (Phi) is 4.16. The van der Waals surface area contributed by atoms with Crippen molar-refractivity contribution in [2.45, 2.75) is 45.0 Å². The van der Waals surface area contributed by atoms with Crippen LogP contribution in [0.25, 0.3) is 0 Å². The summed E-state index contributed by atoms with van der Waals surface area (Å²) < 4.78 is 5.61. The fourth-order valence-electron chi connectivity index (χ4n) is 2.70. The van der Waals surface area contributed by atoms with Crippen molar-refractivity contribution in [2.24, 2.45) is 0 Å². The highest BCUT2D eigenvalue weighted by molar-refractivity contribution is 5.27. The number of ether oxygens (including phenoxy) is 1. The minimum Gasteiger partial charge on any atom is -0.376 e. The third-order valence-electron chi connectivity index (χ3n) is 4.00. The minimum atomic E-state index is 0.366. The lowest BCUT2D eigenvalue weighted by atomic mass is 10.1. The lowest BCUT2D eigenvalue weighted by Gasteiger charge is -2.31. The maximum atomic E-state index is 5.61. The smallest absolute Gasteiger partial charge is 0.0674 e. The summed E-state index contributed by atoms with van der Waals surface area (Å²) in [5, 5.41) is 3.62. The van der Waals surface area contributed by atoms with E-state index in [-0.39, 0.29) is 0 Å². The molecule has 19 heavy (non-hydrogen) atoms. The molecular weight excluding hydrogens is 236 g/mol. The van der Waals surface area contributed by atoms with Crippen LogP contribution in [0.1, 0.15) is 30.9 Å². The van der Waals surface area contributed by atoms with E-state index in [0.717, 1.165) is 38.8 Å². The van der Waals surface area contributed by atoms with E-state index in [2.05, 4.69) is 41.4 Å². The third-order valence-corrected chi connectivity index (χ3v) is 4.00. The standard InChI is InChI=1S/C16H24N2O/c1-13-11-18(8-9-19-13)12-15-5-3-2-4-14(15)10-17-16-6-7-16/h2-5,13,16-17H,6-12H2,1H3. The quantitative estimate of drug-likeness (QED) is 0.878. The normalized spacial score (nSPS) is 24.6. The van der Waals surface area contributed by atoms with E-state index in [1.807, 2.05) is 0 Å². The van der Waals surface area contributed by atoms with Gasteiger partial charge in [-0.25, -0.2) is 0 Å². The number of hydrogen-bond acceptors (Lipinski definition) is 3. The molecule has 1 heterocycles. The summed E-state index contributed by atoms with van der Waals surface area (Å²) in [5.41, 5.74) is 2.92. The summed E-state index contributed by atoms with van der Waals surface area (Å²) in [7, 11) is 0. The molecule has 104 valence electrons. The van der Waals surface area contributed by atoms with Gasteiger partial charge in [0.15, 0.2) is 0 Å². The zero-order valence-electron chi connectivity index (χ0n) is 11.8. The van der Waals surface area contributed by atoms with Gasteiger partial charge >= 0.3 is 0 Å². The van der Waals surface area contributed by atoms with Gasteiger partial charge in [-0.1, -0.05) is 24.3 Å². The van der Waals surface area contributed by atoms with Gasteiger partial charge in [0.05, 0.1) is 12.7 Å². The van der Waals surface area contributed by atoms with E-state index >= 15 is 0 Å². The summed E-state index contributed by atoms with van der Waals surface area (Å²) in [5.74, 6) is 0. The molecule has 1 N–H and O–H groups in total. The zero-order valence-corrected chi connectivity index (χ0v) is 11.8. The van der Waals surface area contributed by atoms with Crippen molar-refractivity contribution in [1.29, 1.82) is 0 Å². The van der Waals surface area contributed by atoms with Crippen molar-refractivity contribution in [2.75, 3.05) is 19.7 Å². The van der Waals surface area contributed by atoms with E-state index < -0.39 is 0 Å². The van der Waals surface area contributed by atoms with Crippen LogP contribution >= 0.6 is 0 Å². The van der Waals surface area contributed by atoms with Crippen LogP contribution in [0.15, 0.2) is 24.3 Å². The number of rotatable bonds is 5. The monoisotopic (exact) mass is 260 g/mol. The molecule has 0 amide bonds. The highest BCUT2D eigenvalue weighted by Crippen LogP contribution is 2.20. The van der Waals surface area contributed by atoms with Gasteiger partial charge in [0.2, 0.25) is 0 Å². The second kappa shape index (κ2) is 6.04. The van der Waals surface area contributed by atoms with Crippen molar-refractivity contribution in [3.05, 3.63) is 35.4 Å². The Morgan fingerprint density at radius 3 is 2.79 bits per heavy atom. The molecule has 2 aliphatic rings. The SMILES string of the molecule is CC1CN(Cc2ccccc2CNC2CC2)CCO1. The number of morpholine rings is 1. The van der Waals surface area contributed by atoms with Crippen LogP contribution in [-0.2, 0) is 17.8 Å². The molecule has 1 aliphatic carbocycles. The highest BCUT2D eigenvalue weighted by atomic mass is 16.5. The molecule has 3 nitrogen and oxygen atoms in total. The summed E-state index contributed by atoms with van der Waals surface area (Å²) in [6.45, 7) is 7.19. The van der Waals surface area contributed by atoms with Crippen LogP contribution in [0, 0.1) is 0 Å². The number of nitrogens with zero attached hydrogens (tertiary/aromatic N) is 1. The Bertz CT molecular complexity index is 417. The average Bonchev–Trinajstić information content (AvgIpc) is 3.22. The van der Waals surface area contributed by atoms with Gasteiger partial charge in [0.25, 0.3) is 0 Å². The first-order valence-electron chi connectivity index (χ1n) is 7.45. The maximum Gasteiger partial charge on any atom is 0.0674 e. The van der Waals surface area contributed by atoms with Crippen molar-refractivity contribution >= 4 is 0 Å². The molecule has 1 unspecified atom stereocenters. The van der Waals surface area contributed by atoms with Gasteiger partial charge in [-0.05, 0) is 30.9 Å².